The van der Waals surface area contributed by atoms with E-state index in [1.165, 1.54) is 36.9 Å². The number of aryl methyl sites for hydroxylation is 1. The molecule has 0 radical (unpaired) electrons. The Morgan fingerprint density at radius 2 is 1.45 bits per heavy atom. The fourth-order valence-corrected chi connectivity index (χ4v) is 4.21. The molecule has 0 aliphatic heterocycles. The van der Waals surface area contributed by atoms with Crippen molar-refractivity contribution in [1.82, 2.24) is 0 Å². The van der Waals surface area contributed by atoms with Crippen molar-refractivity contribution in [3.05, 3.63) is 90.0 Å². The van der Waals surface area contributed by atoms with Gasteiger partial charge in [-0.3, -0.25) is 0 Å². The van der Waals surface area contributed by atoms with Crippen molar-refractivity contribution in [3.63, 3.8) is 0 Å². The Morgan fingerprint density at radius 3 is 2.32 bits per heavy atom. The van der Waals surface area contributed by atoms with Crippen LogP contribution < -0.4 is 0 Å². The quantitative estimate of drug-likeness (QED) is 0.400. The summed E-state index contributed by atoms with van der Waals surface area (Å²) in [7, 11) is 0. The number of fused-ring (bicyclic) bond motifs is 3. The first-order valence-corrected chi connectivity index (χ1v) is 8.23. The number of benzene rings is 3. The van der Waals surface area contributed by atoms with Crippen molar-refractivity contribution in [1.29, 1.82) is 0 Å². The maximum Gasteiger partial charge on any atom is 0.0361 e. The predicted molar refractivity (Wildman–Crippen MR) is 98.6 cm³/mol. The van der Waals surface area contributed by atoms with Crippen molar-refractivity contribution in [2.45, 2.75) is 6.92 Å². The molecule has 1 aromatic heterocycles. The smallest absolute Gasteiger partial charge is 0.0361 e. The van der Waals surface area contributed by atoms with Crippen LogP contribution in [0.15, 0.2) is 73.3 Å². The normalized spacial score (nSPS) is 11.1. The molecule has 4 rings (SSSR count). The van der Waals surface area contributed by atoms with E-state index in [4.69, 9.17) is 0 Å². The fraction of sp³-hybridized carbons (Fsp3) is 0.0476. The first kappa shape index (κ1) is 13.3. The molecule has 0 fully saturated rings. The van der Waals surface area contributed by atoms with Gasteiger partial charge in [-0.25, -0.2) is 0 Å². The van der Waals surface area contributed by atoms with E-state index in [1.54, 1.807) is 0 Å². The van der Waals surface area contributed by atoms with Crippen LogP contribution in [-0.4, -0.2) is 0 Å². The predicted octanol–water partition coefficient (Wildman–Crippen LogP) is 6.42. The van der Waals surface area contributed by atoms with Crippen LogP contribution in [0.25, 0.3) is 25.7 Å². The van der Waals surface area contributed by atoms with Gasteiger partial charge in [-0.1, -0.05) is 61.2 Å². The van der Waals surface area contributed by atoms with E-state index < -0.39 is 0 Å². The molecule has 22 heavy (non-hydrogen) atoms. The molecular weight excluding hydrogens is 284 g/mol. The second-order valence-electron chi connectivity index (χ2n) is 5.57. The Bertz CT molecular complexity index is 1000. The minimum atomic E-state index is 1.10. The topological polar surface area (TPSA) is 0 Å². The number of thiophene rings is 1. The molecule has 0 saturated carbocycles. The second kappa shape index (κ2) is 5.11. The Kier molecular flexibility index (Phi) is 3.09. The summed E-state index contributed by atoms with van der Waals surface area (Å²) in [5.41, 5.74) is 4.84. The lowest BCUT2D eigenvalue weighted by Gasteiger charge is -2.11. The fourth-order valence-electron chi connectivity index (χ4n) is 3.08. The SMILES string of the molecule is C=C(c1ccccc1C)c1cccc2sc3ccccc3c12. The summed E-state index contributed by atoms with van der Waals surface area (Å²) in [4.78, 5) is 0. The van der Waals surface area contributed by atoms with Gasteiger partial charge in [0.15, 0.2) is 0 Å². The molecule has 0 aliphatic carbocycles. The van der Waals surface area contributed by atoms with Gasteiger partial charge < -0.3 is 0 Å². The van der Waals surface area contributed by atoms with Crippen LogP contribution in [0.2, 0.25) is 0 Å². The van der Waals surface area contributed by atoms with Crippen LogP contribution in [0.1, 0.15) is 16.7 Å². The van der Waals surface area contributed by atoms with Crippen LogP contribution in [0.3, 0.4) is 0 Å². The zero-order valence-corrected chi connectivity index (χ0v) is 13.3. The molecule has 4 aromatic rings. The highest BCUT2D eigenvalue weighted by Crippen LogP contribution is 2.39. The second-order valence-corrected chi connectivity index (χ2v) is 6.65. The molecule has 0 atom stereocenters. The molecule has 0 nitrogen and oxygen atoms in total. The minimum absolute atomic E-state index is 1.10. The molecule has 3 aromatic carbocycles. The summed E-state index contributed by atoms with van der Waals surface area (Å²) in [5, 5.41) is 2.66. The molecule has 0 saturated heterocycles. The average Bonchev–Trinajstić information content (AvgIpc) is 2.93. The van der Waals surface area contributed by atoms with Gasteiger partial charge in [0, 0.05) is 20.2 Å². The third-order valence-corrected chi connectivity index (χ3v) is 5.33. The monoisotopic (exact) mass is 300 g/mol. The van der Waals surface area contributed by atoms with E-state index in [-0.39, 0.29) is 0 Å². The summed E-state index contributed by atoms with van der Waals surface area (Å²) in [6.07, 6.45) is 0. The van der Waals surface area contributed by atoms with Gasteiger partial charge in [0.25, 0.3) is 0 Å². The Hall–Kier alpha value is -2.38. The van der Waals surface area contributed by atoms with E-state index >= 15 is 0 Å². The summed E-state index contributed by atoms with van der Waals surface area (Å²) in [6.45, 7) is 6.54. The van der Waals surface area contributed by atoms with Gasteiger partial charge in [-0.2, -0.15) is 0 Å². The molecule has 1 heterocycles. The highest BCUT2D eigenvalue weighted by atomic mass is 32.1. The van der Waals surface area contributed by atoms with Crippen LogP contribution in [0.5, 0.6) is 0 Å². The highest BCUT2D eigenvalue weighted by Gasteiger charge is 2.12. The number of rotatable bonds is 2. The molecule has 1 heteroatoms. The zero-order chi connectivity index (χ0) is 15.1. The molecule has 0 spiro atoms. The van der Waals surface area contributed by atoms with Gasteiger partial charge >= 0.3 is 0 Å². The van der Waals surface area contributed by atoms with E-state index in [0.29, 0.717) is 0 Å². The van der Waals surface area contributed by atoms with Crippen molar-refractivity contribution in [3.8, 4) is 0 Å². The maximum atomic E-state index is 4.40. The zero-order valence-electron chi connectivity index (χ0n) is 12.5. The minimum Gasteiger partial charge on any atom is -0.135 e. The Labute approximate surface area is 134 Å². The maximum absolute atomic E-state index is 4.40. The summed E-state index contributed by atoms with van der Waals surface area (Å²) in [6, 6.07) is 23.6. The molecule has 0 aliphatic rings. The lowest BCUT2D eigenvalue weighted by Crippen LogP contribution is -1.90. The first-order valence-electron chi connectivity index (χ1n) is 7.41. The van der Waals surface area contributed by atoms with Gasteiger partial charge in [0.2, 0.25) is 0 Å². The van der Waals surface area contributed by atoms with E-state index in [1.807, 2.05) is 11.3 Å². The van der Waals surface area contributed by atoms with E-state index in [2.05, 4.69) is 80.2 Å². The molecular formula is C21H16S. The Morgan fingerprint density at radius 1 is 0.773 bits per heavy atom. The van der Waals surface area contributed by atoms with Crippen LogP contribution >= 0.6 is 11.3 Å². The molecule has 0 N–H and O–H groups in total. The lowest BCUT2D eigenvalue weighted by atomic mass is 9.93. The van der Waals surface area contributed by atoms with Gasteiger partial charge in [-0.15, -0.1) is 11.3 Å². The van der Waals surface area contributed by atoms with Crippen molar-refractivity contribution in [2.24, 2.45) is 0 Å². The molecule has 106 valence electrons. The van der Waals surface area contributed by atoms with Gasteiger partial charge in [0.1, 0.15) is 0 Å². The van der Waals surface area contributed by atoms with E-state index in [9.17, 15) is 0 Å². The summed E-state index contributed by atoms with van der Waals surface area (Å²) >= 11 is 1.85. The van der Waals surface area contributed by atoms with Crippen LogP contribution in [-0.2, 0) is 0 Å². The third kappa shape index (κ3) is 1.98. The molecule has 0 amide bonds. The number of hydrogen-bond acceptors (Lipinski definition) is 1. The highest BCUT2D eigenvalue weighted by molar-refractivity contribution is 7.25. The average molecular weight is 300 g/mol. The van der Waals surface area contributed by atoms with E-state index in [0.717, 1.165) is 5.57 Å². The molecule has 0 bridgehead atoms. The first-order chi connectivity index (χ1) is 10.8. The standard InChI is InChI=1S/C21H16S/c1-14-8-3-4-9-16(14)15(2)17-11-7-13-20-21(17)18-10-5-6-12-19(18)22-20/h3-13H,2H2,1H3. The summed E-state index contributed by atoms with van der Waals surface area (Å²) in [5.74, 6) is 0. The van der Waals surface area contributed by atoms with Crippen LogP contribution in [0, 0.1) is 6.92 Å². The number of hydrogen-bond donors (Lipinski definition) is 0. The summed E-state index contributed by atoms with van der Waals surface area (Å²) < 4.78 is 2.66. The Balaban J connectivity index is 2.03. The van der Waals surface area contributed by atoms with Crippen molar-refractivity contribution >= 4 is 37.1 Å². The van der Waals surface area contributed by atoms with Crippen molar-refractivity contribution in [2.75, 3.05) is 0 Å². The lowest BCUT2D eigenvalue weighted by molar-refractivity contribution is 1.42. The third-order valence-electron chi connectivity index (χ3n) is 4.20. The van der Waals surface area contributed by atoms with Crippen LogP contribution in [0.4, 0.5) is 0 Å². The van der Waals surface area contributed by atoms with Gasteiger partial charge in [-0.05, 0) is 41.3 Å². The molecule has 0 unspecified atom stereocenters. The largest absolute Gasteiger partial charge is 0.135 e. The van der Waals surface area contributed by atoms with Gasteiger partial charge in [0.05, 0.1) is 0 Å². The van der Waals surface area contributed by atoms with Crippen molar-refractivity contribution < 1.29 is 0 Å².